The van der Waals surface area contributed by atoms with Crippen molar-refractivity contribution in [1.82, 2.24) is 0 Å². The lowest BCUT2D eigenvalue weighted by Crippen LogP contribution is -2.23. The average Bonchev–Trinajstić information content (AvgIpc) is 2.48. The van der Waals surface area contributed by atoms with E-state index in [4.69, 9.17) is 5.26 Å². The fourth-order valence-corrected chi connectivity index (χ4v) is 3.53. The molecule has 1 aromatic rings. The van der Waals surface area contributed by atoms with Crippen molar-refractivity contribution in [3.05, 3.63) is 35.4 Å². The molecule has 1 heteroatoms. The van der Waals surface area contributed by atoms with Crippen molar-refractivity contribution in [3.63, 3.8) is 0 Å². The van der Waals surface area contributed by atoms with Crippen LogP contribution in [-0.4, -0.2) is 0 Å². The van der Waals surface area contributed by atoms with Crippen LogP contribution in [0.4, 0.5) is 0 Å². The third-order valence-electron chi connectivity index (χ3n) is 5.09. The highest BCUT2D eigenvalue weighted by Gasteiger charge is 2.30. The molecule has 0 aromatic heterocycles. The van der Waals surface area contributed by atoms with E-state index in [1.165, 1.54) is 56.9 Å². The van der Waals surface area contributed by atoms with Crippen molar-refractivity contribution in [2.24, 2.45) is 5.41 Å². The molecule has 1 nitrogen and oxygen atoms in total. The summed E-state index contributed by atoms with van der Waals surface area (Å²) in [6.07, 6.45) is 10.9. The van der Waals surface area contributed by atoms with Crippen LogP contribution in [0.15, 0.2) is 24.3 Å². The molecule has 0 unspecified atom stereocenters. The van der Waals surface area contributed by atoms with Gasteiger partial charge in [-0.05, 0) is 61.1 Å². The highest BCUT2D eigenvalue weighted by atomic mass is 14.4. The maximum atomic E-state index is 8.86. The molecule has 0 spiro atoms. The summed E-state index contributed by atoms with van der Waals surface area (Å²) in [4.78, 5) is 0. The number of nitriles is 1. The van der Waals surface area contributed by atoms with Crippen molar-refractivity contribution in [3.8, 4) is 6.07 Å². The molecule has 1 fully saturated rings. The Morgan fingerprint density at radius 2 is 1.80 bits per heavy atom. The van der Waals surface area contributed by atoms with Gasteiger partial charge in [-0.3, -0.25) is 0 Å². The molecule has 20 heavy (non-hydrogen) atoms. The molecule has 0 N–H and O–H groups in total. The molecule has 0 bridgehead atoms. The predicted octanol–water partition coefficient (Wildman–Crippen LogP) is 5.80. The molecule has 1 aromatic carbocycles. The van der Waals surface area contributed by atoms with E-state index in [0.29, 0.717) is 11.3 Å². The molecule has 108 valence electrons. The van der Waals surface area contributed by atoms with Crippen LogP contribution in [0.25, 0.3) is 0 Å². The van der Waals surface area contributed by atoms with Crippen LogP contribution in [-0.2, 0) is 0 Å². The molecular formula is C19H27N. The number of hydrogen-bond acceptors (Lipinski definition) is 1. The van der Waals surface area contributed by atoms with Gasteiger partial charge in [-0.15, -0.1) is 0 Å². The Morgan fingerprint density at radius 1 is 1.15 bits per heavy atom. The summed E-state index contributed by atoms with van der Waals surface area (Å²) in [7, 11) is 0. The summed E-state index contributed by atoms with van der Waals surface area (Å²) in [6.45, 7) is 4.77. The van der Waals surface area contributed by atoms with Gasteiger partial charge < -0.3 is 0 Å². The number of unbranched alkanes of at least 4 members (excludes halogenated alkanes) is 2. The molecule has 1 saturated carbocycles. The Kier molecular flexibility index (Phi) is 5.24. The smallest absolute Gasteiger partial charge is 0.0991 e. The number of rotatable bonds is 5. The zero-order valence-electron chi connectivity index (χ0n) is 13.0. The third-order valence-corrected chi connectivity index (χ3v) is 5.09. The topological polar surface area (TPSA) is 23.8 Å². The second-order valence-corrected chi connectivity index (χ2v) is 6.78. The van der Waals surface area contributed by atoms with Crippen molar-refractivity contribution < 1.29 is 0 Å². The number of hydrogen-bond donors (Lipinski definition) is 0. The highest BCUT2D eigenvalue weighted by molar-refractivity contribution is 5.33. The van der Waals surface area contributed by atoms with Crippen LogP contribution in [0.5, 0.6) is 0 Å². The quantitative estimate of drug-likeness (QED) is 0.619. The summed E-state index contributed by atoms with van der Waals surface area (Å²) in [5, 5.41) is 8.86. The maximum Gasteiger partial charge on any atom is 0.0991 e. The largest absolute Gasteiger partial charge is 0.192 e. The summed E-state index contributed by atoms with van der Waals surface area (Å²) in [5.41, 5.74) is 2.78. The SMILES string of the molecule is CCCCC[C@]1(C)CC[C@H](c2ccc(C#N)cc2)CC1. The number of benzene rings is 1. The molecule has 0 heterocycles. The monoisotopic (exact) mass is 269 g/mol. The highest BCUT2D eigenvalue weighted by Crippen LogP contribution is 2.45. The Bertz CT molecular complexity index is 444. The minimum Gasteiger partial charge on any atom is -0.192 e. The zero-order valence-corrected chi connectivity index (χ0v) is 13.0. The van der Waals surface area contributed by atoms with Gasteiger partial charge in [-0.25, -0.2) is 0 Å². The van der Waals surface area contributed by atoms with Crippen LogP contribution < -0.4 is 0 Å². The van der Waals surface area contributed by atoms with E-state index in [1.807, 2.05) is 12.1 Å². The van der Waals surface area contributed by atoms with Crippen LogP contribution >= 0.6 is 0 Å². The molecule has 1 aliphatic rings. The van der Waals surface area contributed by atoms with Gasteiger partial charge in [-0.2, -0.15) is 5.26 Å². The van der Waals surface area contributed by atoms with Crippen LogP contribution in [0, 0.1) is 16.7 Å². The Balaban J connectivity index is 1.88. The van der Waals surface area contributed by atoms with E-state index in [-0.39, 0.29) is 0 Å². The van der Waals surface area contributed by atoms with Crippen LogP contribution in [0.3, 0.4) is 0 Å². The van der Waals surface area contributed by atoms with E-state index in [1.54, 1.807) is 0 Å². The molecule has 0 radical (unpaired) electrons. The summed E-state index contributed by atoms with van der Waals surface area (Å²) >= 11 is 0. The fraction of sp³-hybridized carbons (Fsp3) is 0.632. The molecular weight excluding hydrogens is 242 g/mol. The van der Waals surface area contributed by atoms with Gasteiger partial charge in [0.2, 0.25) is 0 Å². The molecule has 0 saturated heterocycles. The fourth-order valence-electron chi connectivity index (χ4n) is 3.53. The van der Waals surface area contributed by atoms with Gasteiger partial charge in [0.15, 0.2) is 0 Å². The molecule has 2 rings (SSSR count). The van der Waals surface area contributed by atoms with E-state index in [9.17, 15) is 0 Å². The Morgan fingerprint density at radius 3 is 2.35 bits per heavy atom. The van der Waals surface area contributed by atoms with E-state index in [2.05, 4.69) is 32.0 Å². The van der Waals surface area contributed by atoms with E-state index >= 15 is 0 Å². The Labute approximate surface area is 124 Å². The third kappa shape index (κ3) is 3.85. The minimum atomic E-state index is 0.582. The molecule has 0 aliphatic heterocycles. The van der Waals surface area contributed by atoms with Crippen molar-refractivity contribution in [1.29, 1.82) is 5.26 Å². The first kappa shape index (κ1) is 15.1. The normalized spacial score (nSPS) is 26.1. The molecule has 1 aliphatic carbocycles. The maximum absolute atomic E-state index is 8.86. The van der Waals surface area contributed by atoms with Crippen molar-refractivity contribution in [2.45, 2.75) is 71.1 Å². The van der Waals surface area contributed by atoms with Gasteiger partial charge in [0.05, 0.1) is 11.6 Å². The first-order valence-corrected chi connectivity index (χ1v) is 8.17. The molecule has 0 amide bonds. The zero-order chi connectivity index (χ0) is 14.4. The summed E-state index contributed by atoms with van der Waals surface area (Å²) in [5.74, 6) is 0.710. The lowest BCUT2D eigenvalue weighted by molar-refractivity contribution is 0.178. The lowest BCUT2D eigenvalue weighted by Gasteiger charge is -2.38. The van der Waals surface area contributed by atoms with Crippen LogP contribution in [0.2, 0.25) is 0 Å². The number of nitrogens with zero attached hydrogens (tertiary/aromatic N) is 1. The van der Waals surface area contributed by atoms with Crippen molar-refractivity contribution >= 4 is 0 Å². The predicted molar refractivity (Wildman–Crippen MR) is 84.6 cm³/mol. The lowest BCUT2D eigenvalue weighted by atomic mass is 9.68. The van der Waals surface area contributed by atoms with Crippen molar-refractivity contribution in [2.75, 3.05) is 0 Å². The average molecular weight is 269 g/mol. The van der Waals surface area contributed by atoms with Crippen LogP contribution in [0.1, 0.15) is 82.3 Å². The van der Waals surface area contributed by atoms with Gasteiger partial charge in [0, 0.05) is 0 Å². The van der Waals surface area contributed by atoms with E-state index < -0.39 is 0 Å². The van der Waals surface area contributed by atoms with Gasteiger partial charge in [0.1, 0.15) is 0 Å². The second kappa shape index (κ2) is 6.93. The van der Waals surface area contributed by atoms with E-state index in [0.717, 1.165) is 5.56 Å². The Hall–Kier alpha value is -1.29. The second-order valence-electron chi connectivity index (χ2n) is 6.78. The van der Waals surface area contributed by atoms with Gasteiger partial charge >= 0.3 is 0 Å². The minimum absolute atomic E-state index is 0.582. The molecule has 0 atom stereocenters. The summed E-state index contributed by atoms with van der Waals surface area (Å²) < 4.78 is 0. The standard InChI is InChI=1S/C19H27N/c1-3-4-5-12-19(2)13-10-18(11-14-19)17-8-6-16(15-20)7-9-17/h6-9,18H,3-5,10-14H2,1-2H3/t18-,19+. The summed E-state index contributed by atoms with van der Waals surface area (Å²) in [6, 6.07) is 10.4. The first-order chi connectivity index (χ1) is 9.67. The first-order valence-electron chi connectivity index (χ1n) is 8.17. The van der Waals surface area contributed by atoms with Gasteiger partial charge in [-0.1, -0.05) is 45.2 Å². The van der Waals surface area contributed by atoms with Gasteiger partial charge in [0.25, 0.3) is 0 Å².